The molecular formula is C52H40N3OPt-. The summed E-state index contributed by atoms with van der Waals surface area (Å²) in [5.74, 6) is 0.951. The summed E-state index contributed by atoms with van der Waals surface area (Å²) < 4.78 is 2.16. The Balaban J connectivity index is 0.00000455. The predicted octanol–water partition coefficient (Wildman–Crippen LogP) is 13.0. The van der Waals surface area contributed by atoms with Gasteiger partial charge in [0.25, 0.3) is 0 Å². The Morgan fingerprint density at radius 3 is 1.91 bits per heavy atom. The second-order valence-electron chi connectivity index (χ2n) is 14.4. The van der Waals surface area contributed by atoms with E-state index in [1.54, 1.807) is 6.07 Å². The Kier molecular flexibility index (Phi) is 10.6. The minimum absolute atomic E-state index is 0. The molecule has 0 aliphatic heterocycles. The van der Waals surface area contributed by atoms with Crippen molar-refractivity contribution in [3.05, 3.63) is 204 Å². The molecule has 2 heterocycles. The first-order valence-corrected chi connectivity index (χ1v) is 19.1. The molecule has 0 amide bonds. The molecule has 280 valence electrons. The number of pyridine rings is 1. The fraction of sp³-hybridized carbons (Fsp3) is 0.0769. The Morgan fingerprint density at radius 1 is 0.561 bits per heavy atom. The summed E-state index contributed by atoms with van der Waals surface area (Å²) in [6, 6.07) is 64.2. The second-order valence-corrected chi connectivity index (χ2v) is 14.4. The number of imidazole rings is 1. The number of phenolic OH excluding ortho intramolecular Hbond substituents is 1. The number of aryl methyl sites for hydroxylation is 2. The number of hydrogen-bond acceptors (Lipinski definition) is 3. The first kappa shape index (κ1) is 37.6. The van der Waals surface area contributed by atoms with Crippen LogP contribution in [0.15, 0.2) is 176 Å². The maximum atomic E-state index is 11.2. The minimum Gasteiger partial charge on any atom is -0.507 e. The monoisotopic (exact) mass is 917 g/mol. The van der Waals surface area contributed by atoms with Crippen LogP contribution in [-0.2, 0) is 21.1 Å². The van der Waals surface area contributed by atoms with Crippen molar-refractivity contribution in [3.8, 4) is 67.5 Å². The summed E-state index contributed by atoms with van der Waals surface area (Å²) in [4.78, 5) is 10.7. The van der Waals surface area contributed by atoms with Crippen molar-refractivity contribution in [1.82, 2.24) is 14.5 Å². The van der Waals surface area contributed by atoms with Gasteiger partial charge in [-0.1, -0.05) is 151 Å². The summed E-state index contributed by atoms with van der Waals surface area (Å²) in [7, 11) is 0. The Bertz CT molecular complexity index is 2830. The van der Waals surface area contributed by atoms with Crippen molar-refractivity contribution in [2.24, 2.45) is 0 Å². The van der Waals surface area contributed by atoms with E-state index in [9.17, 15) is 5.11 Å². The molecule has 7 aromatic carbocycles. The van der Waals surface area contributed by atoms with Crippen molar-refractivity contribution in [1.29, 1.82) is 0 Å². The molecule has 0 spiro atoms. The van der Waals surface area contributed by atoms with Crippen molar-refractivity contribution in [2.75, 3.05) is 0 Å². The summed E-state index contributed by atoms with van der Waals surface area (Å²) in [6.07, 6.45) is 0. The number of aromatic hydroxyl groups is 1. The largest absolute Gasteiger partial charge is 0.507 e. The molecule has 0 fully saturated rings. The molecule has 0 saturated heterocycles. The molecule has 1 N–H and O–H groups in total. The van der Waals surface area contributed by atoms with Crippen LogP contribution in [0.3, 0.4) is 0 Å². The third-order valence-electron chi connectivity index (χ3n) is 10.7. The maximum absolute atomic E-state index is 11.2. The molecule has 1 unspecified atom stereocenters. The molecule has 57 heavy (non-hydrogen) atoms. The van der Waals surface area contributed by atoms with Gasteiger partial charge in [0.15, 0.2) is 0 Å². The summed E-state index contributed by atoms with van der Waals surface area (Å²) in [6.45, 7) is 6.56. The molecule has 0 aliphatic carbocycles. The van der Waals surface area contributed by atoms with Crippen molar-refractivity contribution < 1.29 is 26.2 Å². The van der Waals surface area contributed by atoms with Crippen LogP contribution in [0.1, 0.15) is 35.2 Å². The topological polar surface area (TPSA) is 50.9 Å². The van der Waals surface area contributed by atoms with E-state index in [0.717, 1.165) is 61.5 Å². The molecule has 5 heteroatoms. The van der Waals surface area contributed by atoms with E-state index >= 15 is 0 Å². The first-order chi connectivity index (χ1) is 27.4. The van der Waals surface area contributed by atoms with Crippen LogP contribution >= 0.6 is 0 Å². The number of benzene rings is 7. The second kappa shape index (κ2) is 16.0. The zero-order valence-corrected chi connectivity index (χ0v) is 34.2. The van der Waals surface area contributed by atoms with Crippen LogP contribution in [0.2, 0.25) is 0 Å². The van der Waals surface area contributed by atoms with Gasteiger partial charge in [0.05, 0.1) is 16.6 Å². The van der Waals surface area contributed by atoms with E-state index in [-0.39, 0.29) is 32.7 Å². The number of rotatable bonds is 8. The third kappa shape index (κ3) is 7.25. The van der Waals surface area contributed by atoms with E-state index in [1.165, 1.54) is 22.3 Å². The van der Waals surface area contributed by atoms with Gasteiger partial charge in [0.2, 0.25) is 0 Å². The average molecular weight is 918 g/mol. The smallest absolute Gasteiger partial charge is 0.148 e. The molecule has 0 bridgehead atoms. The van der Waals surface area contributed by atoms with Gasteiger partial charge >= 0.3 is 0 Å². The van der Waals surface area contributed by atoms with Gasteiger partial charge in [-0.2, -0.15) is 0 Å². The zero-order valence-electron chi connectivity index (χ0n) is 31.9. The van der Waals surface area contributed by atoms with Crippen molar-refractivity contribution in [2.45, 2.75) is 26.7 Å². The molecule has 9 aromatic rings. The Labute approximate surface area is 348 Å². The average Bonchev–Trinajstić information content (AvgIpc) is 3.63. The van der Waals surface area contributed by atoms with E-state index in [0.29, 0.717) is 11.4 Å². The third-order valence-corrected chi connectivity index (χ3v) is 10.7. The number of hydrogen-bond donors (Lipinski definition) is 1. The zero-order chi connectivity index (χ0) is 38.2. The Morgan fingerprint density at radius 2 is 1.19 bits per heavy atom. The summed E-state index contributed by atoms with van der Waals surface area (Å²) in [5.41, 5.74) is 16.0. The van der Waals surface area contributed by atoms with Gasteiger partial charge in [0, 0.05) is 44.1 Å². The molecule has 1 atom stereocenters. The van der Waals surface area contributed by atoms with Crippen LogP contribution in [0.5, 0.6) is 5.75 Å². The minimum atomic E-state index is 0. The summed E-state index contributed by atoms with van der Waals surface area (Å²) in [5, 5.41) is 11.2. The van der Waals surface area contributed by atoms with Gasteiger partial charge in [-0.25, -0.2) is 4.98 Å². The number of nitrogens with zero attached hydrogens (tertiary/aromatic N) is 3. The fourth-order valence-corrected chi connectivity index (χ4v) is 7.88. The molecule has 2 aromatic heterocycles. The van der Waals surface area contributed by atoms with Gasteiger partial charge in [-0.15, -0.1) is 23.8 Å². The number of phenols is 1. The van der Waals surface area contributed by atoms with Crippen molar-refractivity contribution >= 4 is 11.0 Å². The maximum Gasteiger partial charge on any atom is 0.148 e. The van der Waals surface area contributed by atoms with Gasteiger partial charge in [-0.05, 0) is 83.6 Å². The number of fused-ring (bicyclic) bond motifs is 1. The first-order valence-electron chi connectivity index (χ1n) is 19.1. The van der Waals surface area contributed by atoms with Crippen LogP contribution in [0.4, 0.5) is 0 Å². The Hall–Kier alpha value is -6.35. The molecule has 0 aliphatic rings. The number of aromatic nitrogens is 3. The van der Waals surface area contributed by atoms with Crippen molar-refractivity contribution in [3.63, 3.8) is 0 Å². The van der Waals surface area contributed by atoms with Crippen LogP contribution in [0, 0.1) is 19.9 Å². The van der Waals surface area contributed by atoms with E-state index in [1.807, 2.05) is 48.5 Å². The van der Waals surface area contributed by atoms with Gasteiger partial charge in [-0.3, -0.25) is 9.55 Å². The van der Waals surface area contributed by atoms with E-state index in [4.69, 9.17) is 9.97 Å². The van der Waals surface area contributed by atoms with Crippen LogP contribution in [0.25, 0.3) is 72.7 Å². The normalized spacial score (nSPS) is 11.6. The molecular weight excluding hydrogens is 878 g/mol. The predicted molar refractivity (Wildman–Crippen MR) is 230 cm³/mol. The molecule has 0 saturated carbocycles. The molecule has 4 nitrogen and oxygen atoms in total. The summed E-state index contributed by atoms with van der Waals surface area (Å²) >= 11 is 0. The van der Waals surface area contributed by atoms with E-state index in [2.05, 4.69) is 153 Å². The van der Waals surface area contributed by atoms with Gasteiger partial charge in [0.1, 0.15) is 11.6 Å². The standard InChI is InChI=1S/C52H40N3O.Pt/c1-34-17-15-18-35(2)50(34)42-30-40(29-41(31-42)47-27-16-26-46(53-47)36(3)37-19-7-4-8-20-37)45-32-39(38-21-9-5-10-22-38)33-48-51(45)54-52(44-25-13-14-28-49(44)56)55(48)43-23-11-6-12-24-43;/h4-28,30-33,36,56H,1-3H3;/q-1;. The molecule has 0 radical (unpaired) electrons. The number of para-hydroxylation sites is 2. The van der Waals surface area contributed by atoms with Crippen LogP contribution < -0.4 is 0 Å². The quantitative estimate of drug-likeness (QED) is 0.155. The SMILES string of the molecule is Cc1cccc(C)c1-c1cc(-c2cccc(C(C)c3ccccc3)n2)[c-]c(-c2cc(-c3ccccc3)cc3c2nc(-c2ccccc2O)n3-c2ccccc2)c1.[Pt]. The molecule has 9 rings (SSSR count). The van der Waals surface area contributed by atoms with Gasteiger partial charge < -0.3 is 5.11 Å². The van der Waals surface area contributed by atoms with Crippen LogP contribution in [-0.4, -0.2) is 19.6 Å². The fourth-order valence-electron chi connectivity index (χ4n) is 7.88. The van der Waals surface area contributed by atoms with E-state index < -0.39 is 0 Å².